The molecule has 0 atom stereocenters. The molecule has 0 aliphatic rings. The zero-order valence-electron chi connectivity index (χ0n) is 14.9. The number of anilines is 1. The highest BCUT2D eigenvalue weighted by molar-refractivity contribution is 7.92. The van der Waals surface area contributed by atoms with Crippen LogP contribution in [0.1, 0.15) is 25.3 Å². The summed E-state index contributed by atoms with van der Waals surface area (Å²) in [5, 5.41) is 0.429. The van der Waals surface area contributed by atoms with Crippen LogP contribution in [0.3, 0.4) is 0 Å². The van der Waals surface area contributed by atoms with E-state index >= 15 is 0 Å². The van der Waals surface area contributed by atoms with Crippen molar-refractivity contribution in [2.24, 2.45) is 0 Å². The van der Waals surface area contributed by atoms with Gasteiger partial charge in [0.2, 0.25) is 0 Å². The maximum absolute atomic E-state index is 12.8. The minimum Gasteiger partial charge on any atom is -0.453 e. The fraction of sp³-hybridized carbons (Fsp3) is 0.150. The van der Waals surface area contributed by atoms with Crippen LogP contribution >= 0.6 is 11.6 Å². The van der Waals surface area contributed by atoms with Gasteiger partial charge in [-0.05, 0) is 47.9 Å². The Kier molecular flexibility index (Phi) is 5.68. The second kappa shape index (κ2) is 7.98. The van der Waals surface area contributed by atoms with E-state index in [-0.39, 0.29) is 16.3 Å². The second-order valence-corrected chi connectivity index (χ2v) is 8.38. The van der Waals surface area contributed by atoms with E-state index in [2.05, 4.69) is 23.6 Å². The Morgan fingerprint density at radius 1 is 1.07 bits per heavy atom. The quantitative estimate of drug-likeness (QED) is 0.595. The zero-order valence-corrected chi connectivity index (χ0v) is 16.5. The van der Waals surface area contributed by atoms with E-state index in [1.807, 2.05) is 12.1 Å². The predicted molar refractivity (Wildman–Crippen MR) is 107 cm³/mol. The molecule has 0 fully saturated rings. The third-order valence-corrected chi connectivity index (χ3v) is 5.52. The lowest BCUT2D eigenvalue weighted by Gasteiger charge is -2.14. The van der Waals surface area contributed by atoms with Crippen LogP contribution in [0.25, 0.3) is 0 Å². The van der Waals surface area contributed by atoms with Crippen LogP contribution in [0.2, 0.25) is 5.02 Å². The number of ether oxygens (including phenoxy) is 1. The smallest absolute Gasteiger partial charge is 0.262 e. The normalized spacial score (nSPS) is 11.4. The Morgan fingerprint density at radius 3 is 2.44 bits per heavy atom. The topological polar surface area (TPSA) is 68.3 Å². The van der Waals surface area contributed by atoms with Crippen LogP contribution in [0.5, 0.6) is 11.5 Å². The number of halogens is 1. The molecule has 3 rings (SSSR count). The molecule has 0 saturated carbocycles. The molecule has 140 valence electrons. The van der Waals surface area contributed by atoms with Gasteiger partial charge in [-0.15, -0.1) is 0 Å². The fourth-order valence-electron chi connectivity index (χ4n) is 2.43. The van der Waals surface area contributed by atoms with Crippen molar-refractivity contribution >= 4 is 27.3 Å². The summed E-state index contributed by atoms with van der Waals surface area (Å²) in [6, 6.07) is 15.0. The number of aromatic nitrogens is 1. The summed E-state index contributed by atoms with van der Waals surface area (Å²) in [6.45, 7) is 4.11. The van der Waals surface area contributed by atoms with Crippen LogP contribution in [0.4, 0.5) is 5.69 Å². The van der Waals surface area contributed by atoms with E-state index in [1.165, 1.54) is 6.20 Å². The first-order valence-electron chi connectivity index (χ1n) is 8.35. The first-order chi connectivity index (χ1) is 12.8. The van der Waals surface area contributed by atoms with Crippen molar-refractivity contribution < 1.29 is 13.2 Å². The average Bonchev–Trinajstić information content (AvgIpc) is 2.65. The van der Waals surface area contributed by atoms with Gasteiger partial charge in [-0.3, -0.25) is 9.71 Å². The highest BCUT2D eigenvalue weighted by Crippen LogP contribution is 2.33. The van der Waals surface area contributed by atoms with E-state index in [4.69, 9.17) is 16.3 Å². The molecule has 1 N–H and O–H groups in total. The Balaban J connectivity index is 1.90. The van der Waals surface area contributed by atoms with Crippen LogP contribution in [-0.2, 0) is 10.0 Å². The first kappa shape index (κ1) is 19.2. The van der Waals surface area contributed by atoms with Crippen molar-refractivity contribution in [1.29, 1.82) is 0 Å². The maximum Gasteiger partial charge on any atom is 0.262 e. The van der Waals surface area contributed by atoms with Crippen molar-refractivity contribution in [3.63, 3.8) is 0 Å². The molecule has 0 aliphatic carbocycles. The third kappa shape index (κ3) is 4.78. The summed E-state index contributed by atoms with van der Waals surface area (Å²) >= 11 is 6.05. The van der Waals surface area contributed by atoms with Gasteiger partial charge in [0.1, 0.15) is 5.75 Å². The van der Waals surface area contributed by atoms with Gasteiger partial charge < -0.3 is 4.74 Å². The van der Waals surface area contributed by atoms with Gasteiger partial charge in [0.05, 0.1) is 16.8 Å². The van der Waals surface area contributed by atoms with E-state index in [1.54, 1.807) is 48.7 Å². The SMILES string of the molecule is CC(C)c1ccc(S(=O)(=O)Nc2ccc(Cl)cc2Oc2cccnc2)cc1. The molecule has 2 aromatic carbocycles. The van der Waals surface area contributed by atoms with Crippen LogP contribution in [0.15, 0.2) is 71.9 Å². The van der Waals surface area contributed by atoms with Gasteiger partial charge in [0.15, 0.2) is 5.75 Å². The molecule has 1 aromatic heterocycles. The number of nitrogens with zero attached hydrogens (tertiary/aromatic N) is 1. The molecule has 0 aliphatic heterocycles. The van der Waals surface area contributed by atoms with Crippen LogP contribution < -0.4 is 9.46 Å². The van der Waals surface area contributed by atoms with Gasteiger partial charge >= 0.3 is 0 Å². The first-order valence-corrected chi connectivity index (χ1v) is 10.2. The van der Waals surface area contributed by atoms with Crippen LogP contribution in [-0.4, -0.2) is 13.4 Å². The van der Waals surface area contributed by atoms with E-state index in [9.17, 15) is 8.42 Å². The number of hydrogen-bond acceptors (Lipinski definition) is 4. The number of rotatable bonds is 6. The van der Waals surface area contributed by atoms with Crippen molar-refractivity contribution in [3.8, 4) is 11.5 Å². The summed E-state index contributed by atoms with van der Waals surface area (Å²) in [5.41, 5.74) is 1.36. The summed E-state index contributed by atoms with van der Waals surface area (Å²) < 4.78 is 33.8. The summed E-state index contributed by atoms with van der Waals surface area (Å²) in [6.07, 6.45) is 3.15. The summed E-state index contributed by atoms with van der Waals surface area (Å²) in [4.78, 5) is 4.16. The molecule has 0 radical (unpaired) electrons. The molecular weight excluding hydrogens is 384 g/mol. The molecule has 0 unspecified atom stereocenters. The molecule has 0 spiro atoms. The van der Waals surface area contributed by atoms with Crippen LogP contribution in [0, 0.1) is 0 Å². The van der Waals surface area contributed by atoms with Gasteiger partial charge in [-0.1, -0.05) is 37.6 Å². The molecule has 0 bridgehead atoms. The number of hydrogen-bond donors (Lipinski definition) is 1. The van der Waals surface area contributed by atoms with Crippen molar-refractivity contribution in [1.82, 2.24) is 4.98 Å². The lowest BCUT2D eigenvalue weighted by Crippen LogP contribution is -2.13. The monoisotopic (exact) mass is 402 g/mol. The Morgan fingerprint density at radius 2 is 1.81 bits per heavy atom. The van der Waals surface area contributed by atoms with Gasteiger partial charge in [-0.2, -0.15) is 0 Å². The Labute approximate surface area is 164 Å². The van der Waals surface area contributed by atoms with E-state index in [0.717, 1.165) is 5.56 Å². The predicted octanol–water partition coefficient (Wildman–Crippen LogP) is 5.45. The minimum atomic E-state index is -3.77. The third-order valence-electron chi connectivity index (χ3n) is 3.91. The molecule has 3 aromatic rings. The second-order valence-electron chi connectivity index (χ2n) is 6.26. The standard InChI is InChI=1S/C20H19ClN2O3S/c1-14(2)15-5-8-18(9-6-15)27(24,25)23-19-10-7-16(21)12-20(19)26-17-4-3-11-22-13-17/h3-14,23H,1-2H3. The average molecular weight is 403 g/mol. The number of nitrogens with one attached hydrogen (secondary N) is 1. The van der Waals surface area contributed by atoms with E-state index in [0.29, 0.717) is 16.7 Å². The fourth-order valence-corrected chi connectivity index (χ4v) is 3.67. The summed E-state index contributed by atoms with van der Waals surface area (Å²) in [7, 11) is -3.77. The highest BCUT2D eigenvalue weighted by Gasteiger charge is 2.17. The molecule has 1 heterocycles. The van der Waals surface area contributed by atoms with Gasteiger partial charge in [0, 0.05) is 17.3 Å². The van der Waals surface area contributed by atoms with Gasteiger partial charge in [-0.25, -0.2) is 8.42 Å². The lowest BCUT2D eigenvalue weighted by molar-refractivity contribution is 0.482. The molecule has 5 nitrogen and oxygen atoms in total. The Bertz CT molecular complexity index is 1020. The minimum absolute atomic E-state index is 0.175. The highest BCUT2D eigenvalue weighted by atomic mass is 35.5. The molecule has 0 saturated heterocycles. The molecule has 27 heavy (non-hydrogen) atoms. The Hall–Kier alpha value is -2.57. The molecule has 7 heteroatoms. The summed E-state index contributed by atoms with van der Waals surface area (Å²) in [5.74, 6) is 1.09. The maximum atomic E-state index is 12.8. The number of sulfonamides is 1. The zero-order chi connectivity index (χ0) is 19.4. The number of pyridine rings is 1. The lowest BCUT2D eigenvalue weighted by atomic mass is 10.0. The van der Waals surface area contributed by atoms with Crippen molar-refractivity contribution in [2.45, 2.75) is 24.7 Å². The van der Waals surface area contributed by atoms with Crippen molar-refractivity contribution in [2.75, 3.05) is 4.72 Å². The van der Waals surface area contributed by atoms with Gasteiger partial charge in [0.25, 0.3) is 10.0 Å². The molecular formula is C20H19ClN2O3S. The van der Waals surface area contributed by atoms with Crippen molar-refractivity contribution in [3.05, 3.63) is 77.6 Å². The largest absolute Gasteiger partial charge is 0.453 e. The number of benzene rings is 2. The van der Waals surface area contributed by atoms with E-state index < -0.39 is 10.0 Å². The molecule has 0 amide bonds.